The third-order valence-electron chi connectivity index (χ3n) is 3.46. The van der Waals surface area contributed by atoms with Crippen LogP contribution in [0, 0.1) is 5.82 Å². The van der Waals surface area contributed by atoms with Crippen LogP contribution in [0.4, 0.5) is 4.39 Å². The molecule has 0 radical (unpaired) electrons. The van der Waals surface area contributed by atoms with Gasteiger partial charge in [0.05, 0.1) is 6.54 Å². The first kappa shape index (κ1) is 16.7. The molecule has 23 heavy (non-hydrogen) atoms. The molecule has 0 heterocycles. The van der Waals surface area contributed by atoms with Crippen molar-refractivity contribution in [1.29, 1.82) is 0 Å². The summed E-state index contributed by atoms with van der Waals surface area (Å²) in [5.74, 6) is -0.960. The molecule has 2 aromatic rings. The van der Waals surface area contributed by atoms with E-state index in [1.54, 1.807) is 4.90 Å². The van der Waals surface area contributed by atoms with Gasteiger partial charge in [-0.05, 0) is 36.8 Å². The molecule has 0 saturated heterocycles. The summed E-state index contributed by atoms with van der Waals surface area (Å²) in [6, 6.07) is 14.9. The largest absolute Gasteiger partial charge is 0.343 e. The van der Waals surface area contributed by atoms with E-state index in [1.165, 1.54) is 24.3 Å². The van der Waals surface area contributed by atoms with Gasteiger partial charge in [0.15, 0.2) is 0 Å². The number of nitrogens with zero attached hydrogens (tertiary/aromatic N) is 1. The first-order valence-corrected chi connectivity index (χ1v) is 7.45. The van der Waals surface area contributed by atoms with Crippen molar-refractivity contribution in [1.82, 2.24) is 10.2 Å². The highest BCUT2D eigenvalue weighted by molar-refractivity contribution is 5.96. The molecule has 0 aromatic heterocycles. The maximum absolute atomic E-state index is 12.8. The van der Waals surface area contributed by atoms with Crippen LogP contribution in [-0.2, 0) is 11.3 Å². The Labute approximate surface area is 134 Å². The van der Waals surface area contributed by atoms with Gasteiger partial charge in [0.2, 0.25) is 5.91 Å². The van der Waals surface area contributed by atoms with E-state index >= 15 is 0 Å². The molecule has 120 valence electrons. The SMILES string of the molecule is CCN(Cc1ccccc1)C(=O)CNC(=O)c1ccc(F)cc1. The van der Waals surface area contributed by atoms with Gasteiger partial charge in [0.1, 0.15) is 5.82 Å². The average Bonchev–Trinajstić information content (AvgIpc) is 2.58. The summed E-state index contributed by atoms with van der Waals surface area (Å²) in [5, 5.41) is 2.57. The second-order valence-corrected chi connectivity index (χ2v) is 5.08. The molecule has 0 bridgehead atoms. The zero-order valence-corrected chi connectivity index (χ0v) is 13.0. The van der Waals surface area contributed by atoms with Crippen molar-refractivity contribution in [2.45, 2.75) is 13.5 Å². The zero-order chi connectivity index (χ0) is 16.7. The quantitative estimate of drug-likeness (QED) is 0.891. The second-order valence-electron chi connectivity index (χ2n) is 5.08. The Morgan fingerprint density at radius 1 is 1.04 bits per heavy atom. The number of carbonyl (C=O) groups is 2. The number of nitrogens with one attached hydrogen (secondary N) is 1. The van der Waals surface area contributed by atoms with Gasteiger partial charge >= 0.3 is 0 Å². The third-order valence-corrected chi connectivity index (χ3v) is 3.46. The first-order chi connectivity index (χ1) is 11.1. The van der Waals surface area contributed by atoms with Crippen LogP contribution in [0.3, 0.4) is 0 Å². The number of rotatable bonds is 6. The molecule has 0 unspecified atom stereocenters. The van der Waals surface area contributed by atoms with Gasteiger partial charge in [-0.3, -0.25) is 9.59 Å². The molecular formula is C18H19FN2O2. The molecule has 2 rings (SSSR count). The molecule has 0 spiro atoms. The molecule has 0 aliphatic rings. The lowest BCUT2D eigenvalue weighted by atomic mass is 10.2. The number of benzene rings is 2. The van der Waals surface area contributed by atoms with Crippen molar-refractivity contribution in [3.8, 4) is 0 Å². The maximum Gasteiger partial charge on any atom is 0.251 e. The lowest BCUT2D eigenvalue weighted by Gasteiger charge is -2.21. The van der Waals surface area contributed by atoms with Gasteiger partial charge in [-0.25, -0.2) is 4.39 Å². The van der Waals surface area contributed by atoms with Gasteiger partial charge in [0, 0.05) is 18.7 Å². The standard InChI is InChI=1S/C18H19FN2O2/c1-2-21(13-14-6-4-3-5-7-14)17(22)12-20-18(23)15-8-10-16(19)11-9-15/h3-11H,2,12-13H2,1H3,(H,20,23). The number of hydrogen-bond acceptors (Lipinski definition) is 2. The summed E-state index contributed by atoms with van der Waals surface area (Å²) in [6.07, 6.45) is 0. The molecular weight excluding hydrogens is 295 g/mol. The number of amides is 2. The van der Waals surface area contributed by atoms with Crippen molar-refractivity contribution < 1.29 is 14.0 Å². The van der Waals surface area contributed by atoms with E-state index in [0.29, 0.717) is 18.7 Å². The van der Waals surface area contributed by atoms with Crippen molar-refractivity contribution in [2.75, 3.05) is 13.1 Å². The summed E-state index contributed by atoms with van der Waals surface area (Å²) in [5.41, 5.74) is 1.36. The fourth-order valence-corrected chi connectivity index (χ4v) is 2.15. The molecule has 2 aromatic carbocycles. The van der Waals surface area contributed by atoms with Gasteiger partial charge in [-0.1, -0.05) is 30.3 Å². The van der Waals surface area contributed by atoms with Crippen LogP contribution in [0.5, 0.6) is 0 Å². The van der Waals surface area contributed by atoms with Crippen LogP contribution in [0.25, 0.3) is 0 Å². The normalized spacial score (nSPS) is 10.2. The molecule has 0 aliphatic carbocycles. The van der Waals surface area contributed by atoms with Crippen molar-refractivity contribution in [3.05, 3.63) is 71.5 Å². The maximum atomic E-state index is 12.8. The Morgan fingerprint density at radius 3 is 2.30 bits per heavy atom. The highest BCUT2D eigenvalue weighted by Gasteiger charge is 2.14. The van der Waals surface area contributed by atoms with Crippen LogP contribution >= 0.6 is 0 Å². The fraction of sp³-hybridized carbons (Fsp3) is 0.222. The van der Waals surface area contributed by atoms with Gasteiger partial charge < -0.3 is 10.2 Å². The lowest BCUT2D eigenvalue weighted by molar-refractivity contribution is -0.130. The molecule has 0 saturated carbocycles. The predicted molar refractivity (Wildman–Crippen MR) is 86.3 cm³/mol. The molecule has 0 fully saturated rings. The van der Waals surface area contributed by atoms with E-state index in [9.17, 15) is 14.0 Å². The van der Waals surface area contributed by atoms with Gasteiger partial charge in [0.25, 0.3) is 5.91 Å². The summed E-state index contributed by atoms with van der Waals surface area (Å²) in [7, 11) is 0. The minimum Gasteiger partial charge on any atom is -0.343 e. The number of carbonyl (C=O) groups excluding carboxylic acids is 2. The summed E-state index contributed by atoms with van der Waals surface area (Å²) in [4.78, 5) is 25.8. The van der Waals surface area contributed by atoms with Gasteiger partial charge in [-0.15, -0.1) is 0 Å². The van der Waals surface area contributed by atoms with Gasteiger partial charge in [-0.2, -0.15) is 0 Å². The molecule has 1 N–H and O–H groups in total. The van der Waals surface area contributed by atoms with E-state index < -0.39 is 11.7 Å². The molecule has 0 aliphatic heterocycles. The van der Waals surface area contributed by atoms with Crippen LogP contribution in [-0.4, -0.2) is 29.8 Å². The van der Waals surface area contributed by atoms with Crippen LogP contribution < -0.4 is 5.32 Å². The first-order valence-electron chi connectivity index (χ1n) is 7.45. The molecule has 2 amide bonds. The Balaban J connectivity index is 1.89. The Morgan fingerprint density at radius 2 is 1.70 bits per heavy atom. The Hall–Kier alpha value is -2.69. The molecule has 0 atom stereocenters. The van der Waals surface area contributed by atoms with Crippen molar-refractivity contribution in [3.63, 3.8) is 0 Å². The van der Waals surface area contributed by atoms with E-state index in [-0.39, 0.29) is 12.5 Å². The highest BCUT2D eigenvalue weighted by Crippen LogP contribution is 2.05. The van der Waals surface area contributed by atoms with E-state index in [2.05, 4.69) is 5.32 Å². The third kappa shape index (κ3) is 4.92. The predicted octanol–water partition coefficient (Wildman–Crippen LogP) is 2.60. The smallest absolute Gasteiger partial charge is 0.251 e. The Bertz CT molecular complexity index is 656. The molecule has 4 nitrogen and oxygen atoms in total. The topological polar surface area (TPSA) is 49.4 Å². The fourth-order valence-electron chi connectivity index (χ4n) is 2.15. The van der Waals surface area contributed by atoms with Crippen molar-refractivity contribution in [2.24, 2.45) is 0 Å². The monoisotopic (exact) mass is 314 g/mol. The second kappa shape index (κ2) is 8.08. The van der Waals surface area contributed by atoms with Crippen LogP contribution in [0.15, 0.2) is 54.6 Å². The minimum absolute atomic E-state index is 0.0864. The minimum atomic E-state index is -0.405. The van der Waals surface area contributed by atoms with E-state index in [1.807, 2.05) is 37.3 Å². The number of likely N-dealkylation sites (N-methyl/N-ethyl adjacent to an activating group) is 1. The van der Waals surface area contributed by atoms with E-state index in [0.717, 1.165) is 5.56 Å². The summed E-state index contributed by atoms with van der Waals surface area (Å²) in [6.45, 7) is 2.86. The van der Waals surface area contributed by atoms with Crippen LogP contribution in [0.1, 0.15) is 22.8 Å². The average molecular weight is 314 g/mol. The van der Waals surface area contributed by atoms with Crippen LogP contribution in [0.2, 0.25) is 0 Å². The van der Waals surface area contributed by atoms with E-state index in [4.69, 9.17) is 0 Å². The summed E-state index contributed by atoms with van der Waals surface area (Å²) < 4.78 is 12.8. The molecule has 5 heteroatoms. The van der Waals surface area contributed by atoms with Crippen molar-refractivity contribution >= 4 is 11.8 Å². The highest BCUT2D eigenvalue weighted by atomic mass is 19.1. The zero-order valence-electron chi connectivity index (χ0n) is 13.0. The Kier molecular flexibility index (Phi) is 5.86. The lowest BCUT2D eigenvalue weighted by Crippen LogP contribution is -2.39. The number of hydrogen-bond donors (Lipinski definition) is 1. The number of halogens is 1. The summed E-state index contributed by atoms with van der Waals surface area (Å²) >= 11 is 0.